The minimum absolute atomic E-state index is 0.468. The van der Waals surface area contributed by atoms with Crippen molar-refractivity contribution < 1.29 is 9.52 Å². The Balaban J connectivity index is 1.86. The second-order valence-corrected chi connectivity index (χ2v) is 5.16. The molecule has 1 aliphatic rings. The molecule has 1 aromatic heterocycles. The van der Waals surface area contributed by atoms with E-state index >= 15 is 0 Å². The van der Waals surface area contributed by atoms with Crippen molar-refractivity contribution in [1.29, 1.82) is 0 Å². The Labute approximate surface area is 96.8 Å². The highest BCUT2D eigenvalue weighted by molar-refractivity contribution is 5.09. The summed E-state index contributed by atoms with van der Waals surface area (Å²) in [5.74, 6) is 0. The van der Waals surface area contributed by atoms with Crippen LogP contribution in [0.1, 0.15) is 38.2 Å². The van der Waals surface area contributed by atoms with Gasteiger partial charge in [-0.2, -0.15) is 0 Å². The van der Waals surface area contributed by atoms with Gasteiger partial charge in [-0.15, -0.1) is 0 Å². The van der Waals surface area contributed by atoms with Crippen LogP contribution in [0.5, 0.6) is 0 Å². The van der Waals surface area contributed by atoms with Crippen molar-refractivity contribution in [3.63, 3.8) is 0 Å². The van der Waals surface area contributed by atoms with Gasteiger partial charge < -0.3 is 14.8 Å². The van der Waals surface area contributed by atoms with Crippen LogP contribution in [0.4, 0.5) is 0 Å². The van der Waals surface area contributed by atoms with Gasteiger partial charge in [-0.3, -0.25) is 0 Å². The Morgan fingerprint density at radius 3 is 3.06 bits per heavy atom. The molecule has 0 radical (unpaired) electrons. The molecule has 0 bridgehead atoms. The number of furan rings is 1. The maximum absolute atomic E-state index is 10.4. The number of aliphatic hydroxyl groups is 1. The van der Waals surface area contributed by atoms with E-state index in [-0.39, 0.29) is 0 Å². The zero-order valence-electron chi connectivity index (χ0n) is 9.91. The van der Waals surface area contributed by atoms with Crippen LogP contribution in [0, 0.1) is 0 Å². The predicted molar refractivity (Wildman–Crippen MR) is 63.3 cm³/mol. The van der Waals surface area contributed by atoms with E-state index in [1.54, 1.807) is 12.5 Å². The molecule has 2 atom stereocenters. The third-order valence-electron chi connectivity index (χ3n) is 3.26. The topological polar surface area (TPSA) is 45.4 Å². The van der Waals surface area contributed by atoms with Crippen LogP contribution in [-0.2, 0) is 6.42 Å². The van der Waals surface area contributed by atoms with Gasteiger partial charge in [-0.25, -0.2) is 0 Å². The van der Waals surface area contributed by atoms with Gasteiger partial charge in [0.1, 0.15) is 0 Å². The largest absolute Gasteiger partial charge is 0.472 e. The molecule has 0 saturated carbocycles. The van der Waals surface area contributed by atoms with E-state index < -0.39 is 5.60 Å². The molecular formula is C13H21NO2. The molecule has 1 aromatic rings. The molecule has 2 unspecified atom stereocenters. The molecule has 3 heteroatoms. The summed E-state index contributed by atoms with van der Waals surface area (Å²) < 4.78 is 5.02. The fourth-order valence-corrected chi connectivity index (χ4v) is 2.53. The zero-order valence-corrected chi connectivity index (χ0v) is 9.91. The van der Waals surface area contributed by atoms with Gasteiger partial charge in [0.05, 0.1) is 18.1 Å². The minimum Gasteiger partial charge on any atom is -0.472 e. The normalized spacial score (nSPS) is 25.2. The van der Waals surface area contributed by atoms with Gasteiger partial charge in [0.2, 0.25) is 0 Å². The quantitative estimate of drug-likeness (QED) is 0.821. The minimum atomic E-state index is -0.640. The molecule has 3 nitrogen and oxygen atoms in total. The van der Waals surface area contributed by atoms with Crippen molar-refractivity contribution in [2.45, 2.75) is 50.7 Å². The van der Waals surface area contributed by atoms with Gasteiger partial charge in [0.15, 0.2) is 0 Å². The Hall–Kier alpha value is -0.800. The van der Waals surface area contributed by atoms with Crippen molar-refractivity contribution in [3.8, 4) is 0 Å². The van der Waals surface area contributed by atoms with Gasteiger partial charge >= 0.3 is 0 Å². The van der Waals surface area contributed by atoms with Crippen molar-refractivity contribution >= 4 is 0 Å². The van der Waals surface area contributed by atoms with Gasteiger partial charge in [-0.1, -0.05) is 6.42 Å². The first-order valence-electron chi connectivity index (χ1n) is 6.13. The molecule has 2 N–H and O–H groups in total. The Bertz CT molecular complexity index is 300. The molecule has 1 aliphatic heterocycles. The van der Waals surface area contributed by atoms with E-state index in [0.717, 1.165) is 18.5 Å². The molecule has 2 heterocycles. The molecule has 0 aromatic carbocycles. The van der Waals surface area contributed by atoms with Crippen molar-refractivity contribution in [1.82, 2.24) is 5.32 Å². The molecule has 0 amide bonds. The van der Waals surface area contributed by atoms with Crippen molar-refractivity contribution in [2.24, 2.45) is 0 Å². The summed E-state index contributed by atoms with van der Waals surface area (Å²) >= 11 is 0. The van der Waals surface area contributed by atoms with E-state index in [9.17, 15) is 5.11 Å². The average Bonchev–Trinajstić information content (AvgIpc) is 2.70. The number of piperidine rings is 1. The van der Waals surface area contributed by atoms with Crippen LogP contribution < -0.4 is 5.32 Å². The van der Waals surface area contributed by atoms with Gasteiger partial charge in [0.25, 0.3) is 0 Å². The molecule has 16 heavy (non-hydrogen) atoms. The summed E-state index contributed by atoms with van der Waals surface area (Å²) in [6, 6.07) is 2.39. The molecule has 2 rings (SSSR count). The Morgan fingerprint density at radius 1 is 1.56 bits per heavy atom. The van der Waals surface area contributed by atoms with E-state index in [4.69, 9.17) is 4.42 Å². The monoisotopic (exact) mass is 223 g/mol. The number of nitrogens with one attached hydrogen (secondary N) is 1. The lowest BCUT2D eigenvalue weighted by atomic mass is 9.88. The Kier molecular flexibility index (Phi) is 3.66. The zero-order chi connectivity index (χ0) is 11.4. The lowest BCUT2D eigenvalue weighted by Crippen LogP contribution is -2.41. The highest BCUT2D eigenvalue weighted by Crippen LogP contribution is 2.22. The van der Waals surface area contributed by atoms with Crippen LogP contribution in [0.2, 0.25) is 0 Å². The highest BCUT2D eigenvalue weighted by Gasteiger charge is 2.26. The third-order valence-corrected chi connectivity index (χ3v) is 3.26. The predicted octanol–water partition coefficient (Wildman–Crippen LogP) is 2.11. The maximum atomic E-state index is 10.4. The second kappa shape index (κ2) is 5.02. The summed E-state index contributed by atoms with van der Waals surface area (Å²) in [6.07, 6.45) is 8.58. The molecule has 0 aliphatic carbocycles. The van der Waals surface area contributed by atoms with Crippen LogP contribution >= 0.6 is 0 Å². The SMILES string of the molecule is CC(O)(Cc1ccoc1)CC1CCCCN1. The maximum Gasteiger partial charge on any atom is 0.0935 e. The van der Waals surface area contributed by atoms with E-state index in [1.165, 1.54) is 19.3 Å². The smallest absolute Gasteiger partial charge is 0.0935 e. The fraction of sp³-hybridized carbons (Fsp3) is 0.692. The van der Waals surface area contributed by atoms with Crippen LogP contribution in [0.3, 0.4) is 0 Å². The first kappa shape index (κ1) is 11.7. The molecule has 0 spiro atoms. The summed E-state index contributed by atoms with van der Waals surface area (Å²) in [5, 5.41) is 13.8. The average molecular weight is 223 g/mol. The third kappa shape index (κ3) is 3.35. The van der Waals surface area contributed by atoms with Gasteiger partial charge in [0, 0.05) is 12.5 Å². The second-order valence-electron chi connectivity index (χ2n) is 5.16. The van der Waals surface area contributed by atoms with Crippen molar-refractivity contribution in [3.05, 3.63) is 24.2 Å². The number of rotatable bonds is 4. The lowest BCUT2D eigenvalue weighted by molar-refractivity contribution is 0.0370. The standard InChI is InChI=1S/C13H21NO2/c1-13(15,8-11-5-7-16-10-11)9-12-4-2-3-6-14-12/h5,7,10,12,14-15H,2-4,6,8-9H2,1H3. The number of hydrogen-bond donors (Lipinski definition) is 2. The summed E-state index contributed by atoms with van der Waals surface area (Å²) in [6.45, 7) is 3.00. The van der Waals surface area contributed by atoms with Gasteiger partial charge in [-0.05, 0) is 44.4 Å². The van der Waals surface area contributed by atoms with Crippen LogP contribution in [-0.4, -0.2) is 23.3 Å². The summed E-state index contributed by atoms with van der Waals surface area (Å²) in [4.78, 5) is 0. The first-order chi connectivity index (χ1) is 7.66. The van der Waals surface area contributed by atoms with Crippen molar-refractivity contribution in [2.75, 3.05) is 6.54 Å². The van der Waals surface area contributed by atoms with E-state index in [1.807, 2.05) is 13.0 Å². The summed E-state index contributed by atoms with van der Waals surface area (Å²) in [5.41, 5.74) is 0.430. The molecule has 90 valence electrons. The highest BCUT2D eigenvalue weighted by atomic mass is 16.3. The van der Waals surface area contributed by atoms with E-state index in [2.05, 4.69) is 5.32 Å². The summed E-state index contributed by atoms with van der Waals surface area (Å²) in [7, 11) is 0. The van der Waals surface area contributed by atoms with Crippen LogP contribution in [0.25, 0.3) is 0 Å². The first-order valence-corrected chi connectivity index (χ1v) is 6.13. The molecule has 1 saturated heterocycles. The van der Waals surface area contributed by atoms with Crippen LogP contribution in [0.15, 0.2) is 23.0 Å². The molecular weight excluding hydrogens is 202 g/mol. The fourth-order valence-electron chi connectivity index (χ4n) is 2.53. The molecule has 1 fully saturated rings. The van der Waals surface area contributed by atoms with E-state index in [0.29, 0.717) is 12.5 Å². The lowest BCUT2D eigenvalue weighted by Gasteiger charge is -2.31. The Morgan fingerprint density at radius 2 is 2.44 bits per heavy atom. The number of hydrogen-bond acceptors (Lipinski definition) is 3.